The maximum Gasteiger partial charge on any atom is 0.308 e. The molecule has 0 aromatic heterocycles. The van der Waals surface area contributed by atoms with Gasteiger partial charge in [0, 0.05) is 6.07 Å². The van der Waals surface area contributed by atoms with Crippen LogP contribution in [0.3, 0.4) is 0 Å². The Labute approximate surface area is 196 Å². The molecule has 6 nitrogen and oxygen atoms in total. The quantitative estimate of drug-likeness (QED) is 0.122. The summed E-state index contributed by atoms with van der Waals surface area (Å²) in [6.45, 7) is 16.5. The lowest BCUT2D eigenvalue weighted by Gasteiger charge is -2.39. The predicted molar refractivity (Wildman–Crippen MR) is 134 cm³/mol. The van der Waals surface area contributed by atoms with Gasteiger partial charge in [0.2, 0.25) is 6.08 Å². The molecule has 0 aliphatic heterocycles. The van der Waals surface area contributed by atoms with Gasteiger partial charge in [0.25, 0.3) is 0 Å². The number of hydrogen-bond acceptors (Lipinski definition) is 5. The second-order valence-corrected chi connectivity index (χ2v) is 10.1. The number of unbranched alkanes of at least 4 members (excludes halogenated alkanes) is 4. The normalized spacial score (nSPS) is 11.3. The highest BCUT2D eigenvalue weighted by atomic mass is 32.2. The first-order valence-electron chi connectivity index (χ1n) is 12.3. The third-order valence-electron chi connectivity index (χ3n) is 5.51. The minimum atomic E-state index is -3.54. The molecular weight excluding hydrogens is 424 g/mol. The number of aliphatic imine (C=N–C) groups is 1. The molecule has 0 saturated carbocycles. The van der Waals surface area contributed by atoms with Gasteiger partial charge in [-0.15, -0.1) is 0 Å². The highest BCUT2D eigenvalue weighted by Crippen LogP contribution is 2.20. The van der Waals surface area contributed by atoms with E-state index in [4.69, 9.17) is 4.18 Å². The monoisotopic (exact) mass is 469 g/mol. The lowest BCUT2D eigenvalue weighted by Crippen LogP contribution is -2.50. The molecule has 0 aliphatic carbocycles. The molecule has 0 amide bonds. The van der Waals surface area contributed by atoms with Crippen LogP contribution in [0.2, 0.25) is 0 Å². The summed E-state index contributed by atoms with van der Waals surface area (Å²) in [6.07, 6.45) is 12.4. The molecule has 0 atom stereocenters. The number of rotatable bonds is 16. The van der Waals surface area contributed by atoms with Gasteiger partial charge in [-0.1, -0.05) is 59.4 Å². The van der Waals surface area contributed by atoms with E-state index in [1.165, 1.54) is 119 Å². The van der Waals surface area contributed by atoms with Crippen LogP contribution in [0.25, 0.3) is 0 Å². The lowest BCUT2D eigenvalue weighted by molar-refractivity contribution is -0.929. The summed E-state index contributed by atoms with van der Waals surface area (Å²) in [4.78, 5) is 13.3. The largest absolute Gasteiger partial charge is 0.382 e. The molecule has 0 aliphatic rings. The molecule has 0 N–H and O–H groups in total. The van der Waals surface area contributed by atoms with Gasteiger partial charge in [0.05, 0.1) is 37.6 Å². The van der Waals surface area contributed by atoms with Gasteiger partial charge in [-0.2, -0.15) is 13.4 Å². The lowest BCUT2D eigenvalue weighted by atomic mass is 10.1. The average molecular weight is 470 g/mol. The standard InChI is InChI=1S/C16H36N.C9H9NO4S/c1-5-9-13-17(14-10-6-2,15-11-7-3)16-12-8-4;1-2-15(12,13)14-9-5-3-4-8(6-9)10-7-11/h5-16H2,1-4H3;3-6H,2H2,1H3/q+1;. The Kier molecular flexibility index (Phi) is 16.9. The molecule has 0 saturated heterocycles. The van der Waals surface area contributed by atoms with Crippen LogP contribution in [0.5, 0.6) is 5.75 Å². The van der Waals surface area contributed by atoms with Gasteiger partial charge in [-0.3, -0.25) is 0 Å². The first-order chi connectivity index (χ1) is 15.3. The van der Waals surface area contributed by atoms with Crippen LogP contribution in [0.15, 0.2) is 29.3 Å². The van der Waals surface area contributed by atoms with Crippen LogP contribution >= 0.6 is 0 Å². The molecule has 0 bridgehead atoms. The fraction of sp³-hybridized carbons (Fsp3) is 0.720. The molecule has 32 heavy (non-hydrogen) atoms. The van der Waals surface area contributed by atoms with Crippen molar-refractivity contribution < 1.29 is 21.9 Å². The van der Waals surface area contributed by atoms with Crippen molar-refractivity contribution in [2.24, 2.45) is 4.99 Å². The van der Waals surface area contributed by atoms with Gasteiger partial charge in [-0.25, -0.2) is 4.79 Å². The highest BCUT2D eigenvalue weighted by Gasteiger charge is 2.24. The third kappa shape index (κ3) is 13.7. The number of nitrogens with zero attached hydrogens (tertiary/aromatic N) is 2. The smallest absolute Gasteiger partial charge is 0.308 e. The van der Waals surface area contributed by atoms with Gasteiger partial charge in [-0.05, 0) is 44.7 Å². The fourth-order valence-corrected chi connectivity index (χ4v) is 4.02. The molecule has 1 aromatic carbocycles. The first-order valence-corrected chi connectivity index (χ1v) is 13.8. The number of carbonyl (C=O) groups excluding carboxylic acids is 1. The molecule has 0 heterocycles. The van der Waals surface area contributed by atoms with E-state index in [0.717, 1.165) is 0 Å². The van der Waals surface area contributed by atoms with E-state index in [2.05, 4.69) is 32.7 Å². The third-order valence-corrected chi connectivity index (χ3v) is 6.67. The summed E-state index contributed by atoms with van der Waals surface area (Å²) in [7, 11) is -3.54. The number of benzene rings is 1. The van der Waals surface area contributed by atoms with Crippen LogP contribution in [-0.4, -0.2) is 50.9 Å². The van der Waals surface area contributed by atoms with Crippen LogP contribution in [0.4, 0.5) is 5.69 Å². The first kappa shape index (κ1) is 30.3. The Hall–Kier alpha value is -1.69. The molecule has 1 rings (SSSR count). The molecule has 0 fully saturated rings. The SMILES string of the molecule is CCCC[N+](CCCC)(CCCC)CCCC.CCS(=O)(=O)Oc1cccc(N=C=O)c1. The molecule has 0 unspecified atom stereocenters. The summed E-state index contributed by atoms with van der Waals surface area (Å²) in [5, 5.41) is 0. The van der Waals surface area contributed by atoms with Crippen molar-refractivity contribution in [2.75, 3.05) is 31.9 Å². The second kappa shape index (κ2) is 17.8. The van der Waals surface area contributed by atoms with E-state index >= 15 is 0 Å². The number of quaternary nitrogens is 1. The zero-order valence-corrected chi connectivity index (χ0v) is 21.8. The van der Waals surface area contributed by atoms with Gasteiger partial charge >= 0.3 is 10.1 Å². The number of hydrogen-bond donors (Lipinski definition) is 0. The Bertz CT molecular complexity index is 721. The van der Waals surface area contributed by atoms with Crippen molar-refractivity contribution in [3.05, 3.63) is 24.3 Å². The summed E-state index contributed by atoms with van der Waals surface area (Å²) in [6, 6.07) is 5.89. The minimum absolute atomic E-state index is 0.117. The Balaban J connectivity index is 0.000000604. The summed E-state index contributed by atoms with van der Waals surface area (Å²) >= 11 is 0. The van der Waals surface area contributed by atoms with E-state index in [-0.39, 0.29) is 11.5 Å². The van der Waals surface area contributed by atoms with Gasteiger partial charge < -0.3 is 8.67 Å². The molecule has 1 aromatic rings. The number of isocyanates is 1. The molecule has 0 spiro atoms. The van der Waals surface area contributed by atoms with Crippen molar-refractivity contribution in [3.63, 3.8) is 0 Å². The van der Waals surface area contributed by atoms with Crippen LogP contribution < -0.4 is 4.18 Å². The van der Waals surface area contributed by atoms with Crippen molar-refractivity contribution in [1.82, 2.24) is 0 Å². The van der Waals surface area contributed by atoms with Crippen molar-refractivity contribution in [3.8, 4) is 5.75 Å². The zero-order valence-electron chi connectivity index (χ0n) is 20.9. The molecule has 0 radical (unpaired) electrons. The summed E-state index contributed by atoms with van der Waals surface area (Å²) in [5.41, 5.74) is 0.300. The van der Waals surface area contributed by atoms with E-state index in [0.29, 0.717) is 5.69 Å². The van der Waals surface area contributed by atoms with Crippen LogP contribution in [0, 0.1) is 0 Å². The molecule has 7 heteroatoms. The topological polar surface area (TPSA) is 72.8 Å². The average Bonchev–Trinajstić information content (AvgIpc) is 2.79. The predicted octanol–water partition coefficient (Wildman–Crippen LogP) is 6.39. The van der Waals surface area contributed by atoms with Gasteiger partial charge in [0.15, 0.2) is 0 Å². The fourth-order valence-electron chi connectivity index (χ4n) is 3.51. The Morgan fingerprint density at radius 1 is 0.844 bits per heavy atom. The van der Waals surface area contributed by atoms with E-state index in [1.807, 2.05) is 0 Å². The zero-order chi connectivity index (χ0) is 24.3. The Morgan fingerprint density at radius 3 is 1.69 bits per heavy atom. The Morgan fingerprint density at radius 2 is 1.31 bits per heavy atom. The van der Waals surface area contributed by atoms with Crippen LogP contribution in [-0.2, 0) is 14.9 Å². The summed E-state index contributed by atoms with van der Waals surface area (Å²) in [5.74, 6) is 0.0158. The second-order valence-electron chi connectivity index (χ2n) is 8.28. The van der Waals surface area contributed by atoms with Crippen molar-refractivity contribution in [1.29, 1.82) is 0 Å². The van der Waals surface area contributed by atoms with Crippen molar-refractivity contribution >= 4 is 21.9 Å². The van der Waals surface area contributed by atoms with E-state index < -0.39 is 10.1 Å². The van der Waals surface area contributed by atoms with Gasteiger partial charge in [0.1, 0.15) is 5.75 Å². The summed E-state index contributed by atoms with van der Waals surface area (Å²) < 4.78 is 28.4. The van der Waals surface area contributed by atoms with E-state index in [9.17, 15) is 13.2 Å². The molecule has 184 valence electrons. The van der Waals surface area contributed by atoms with Crippen LogP contribution in [0.1, 0.15) is 86.0 Å². The maximum atomic E-state index is 11.1. The minimum Gasteiger partial charge on any atom is -0.382 e. The van der Waals surface area contributed by atoms with E-state index in [1.54, 1.807) is 0 Å². The molecular formula is C25H45N2O4S+. The van der Waals surface area contributed by atoms with Crippen molar-refractivity contribution in [2.45, 2.75) is 86.0 Å². The highest BCUT2D eigenvalue weighted by molar-refractivity contribution is 7.87. The maximum absolute atomic E-state index is 11.1.